The topological polar surface area (TPSA) is 100 Å². The predicted octanol–water partition coefficient (Wildman–Crippen LogP) is 5.80. The lowest BCUT2D eigenvalue weighted by Crippen LogP contribution is -2.26. The second-order valence-electron chi connectivity index (χ2n) is 9.14. The number of carbonyl (C=O) groups excluding carboxylic acids is 1. The van der Waals surface area contributed by atoms with E-state index in [9.17, 15) is 10.1 Å². The zero-order valence-corrected chi connectivity index (χ0v) is 22.2. The molecule has 0 spiro atoms. The molecule has 1 fully saturated rings. The van der Waals surface area contributed by atoms with E-state index in [1.165, 1.54) is 12.8 Å². The van der Waals surface area contributed by atoms with Crippen molar-refractivity contribution < 1.29 is 9.53 Å². The molecule has 38 heavy (non-hydrogen) atoms. The molecular weight excluding hydrogens is 474 g/mol. The van der Waals surface area contributed by atoms with Crippen LogP contribution in [0.4, 0.5) is 0 Å². The van der Waals surface area contributed by atoms with Crippen molar-refractivity contribution in [3.8, 4) is 6.07 Å². The number of carbonyl (C=O) groups is 1. The Labute approximate surface area is 224 Å². The van der Waals surface area contributed by atoms with Gasteiger partial charge in [-0.2, -0.15) is 5.26 Å². The fourth-order valence-corrected chi connectivity index (χ4v) is 4.31. The van der Waals surface area contributed by atoms with E-state index in [1.807, 2.05) is 57.3 Å². The molecule has 0 saturated heterocycles. The zero-order chi connectivity index (χ0) is 27.1. The fraction of sp³-hybridized carbons (Fsp3) is 0.323. The summed E-state index contributed by atoms with van der Waals surface area (Å²) in [4.78, 5) is 26.7. The standard InChI is InChI=1S/C29H27N5O2.C2H6/c1-3-19-4-7-21(28-15-31-14-27(34-28)20-5-6-20)11-26(19)33-18(2)13-32-29(35)22-8-9-23-16-36-17-24(12-30)25(23)10-22;1-2/h3-4,7-11,14-15,20,24H,2,5-6,13,16-17H2,1H3,(H,32,35);1-2H3/b19-3-,33-26?;. The number of hydrogen-bond acceptors (Lipinski definition) is 6. The smallest absolute Gasteiger partial charge is 0.251 e. The number of nitrogens with one attached hydrogen (secondary N) is 1. The van der Waals surface area contributed by atoms with Crippen LogP contribution in [0.1, 0.15) is 78.3 Å². The first-order chi connectivity index (χ1) is 18.6. The number of allylic oxidation sites excluding steroid dienone is 6. The van der Waals surface area contributed by atoms with Crippen molar-refractivity contribution in [1.29, 1.82) is 5.26 Å². The van der Waals surface area contributed by atoms with Crippen LogP contribution in [-0.2, 0) is 11.3 Å². The van der Waals surface area contributed by atoms with Crippen molar-refractivity contribution >= 4 is 17.2 Å². The van der Waals surface area contributed by atoms with Crippen molar-refractivity contribution in [3.63, 3.8) is 0 Å². The van der Waals surface area contributed by atoms with E-state index < -0.39 is 0 Å². The summed E-state index contributed by atoms with van der Waals surface area (Å²) in [6.07, 6.45) is 14.0. The number of aromatic nitrogens is 2. The van der Waals surface area contributed by atoms with E-state index in [1.54, 1.807) is 18.3 Å². The monoisotopic (exact) mass is 507 g/mol. The molecule has 5 rings (SSSR count). The van der Waals surface area contributed by atoms with Crippen LogP contribution in [0.15, 0.2) is 77.7 Å². The lowest BCUT2D eigenvalue weighted by molar-refractivity contribution is 0.0951. The van der Waals surface area contributed by atoms with Crippen LogP contribution < -0.4 is 5.32 Å². The molecule has 1 amide bonds. The molecule has 1 atom stereocenters. The van der Waals surface area contributed by atoms with E-state index >= 15 is 0 Å². The van der Waals surface area contributed by atoms with Gasteiger partial charge in [0, 0.05) is 23.3 Å². The maximum Gasteiger partial charge on any atom is 0.251 e. The number of rotatable bonds is 6. The minimum absolute atomic E-state index is 0.199. The number of ether oxygens (including phenoxy) is 1. The summed E-state index contributed by atoms with van der Waals surface area (Å²) in [6.45, 7) is 11.0. The molecule has 3 aliphatic rings. The molecule has 1 aromatic heterocycles. The highest BCUT2D eigenvalue weighted by atomic mass is 16.5. The molecule has 1 unspecified atom stereocenters. The Kier molecular flexibility index (Phi) is 8.77. The molecule has 2 aromatic rings. The van der Waals surface area contributed by atoms with E-state index in [-0.39, 0.29) is 18.4 Å². The summed E-state index contributed by atoms with van der Waals surface area (Å²) in [6, 6.07) is 7.63. The van der Waals surface area contributed by atoms with Crippen LogP contribution in [0.5, 0.6) is 0 Å². The number of nitriles is 1. The third-order valence-corrected chi connectivity index (χ3v) is 6.50. The van der Waals surface area contributed by atoms with Gasteiger partial charge in [-0.1, -0.05) is 44.7 Å². The molecule has 0 bridgehead atoms. The van der Waals surface area contributed by atoms with Gasteiger partial charge in [0.25, 0.3) is 5.91 Å². The lowest BCUT2D eigenvalue weighted by atomic mass is 9.92. The molecule has 1 aromatic carbocycles. The second kappa shape index (κ2) is 12.4. The molecule has 7 nitrogen and oxygen atoms in total. The van der Waals surface area contributed by atoms with Crippen molar-refractivity contribution in [2.75, 3.05) is 13.2 Å². The quantitative estimate of drug-likeness (QED) is 0.532. The minimum atomic E-state index is -0.364. The summed E-state index contributed by atoms with van der Waals surface area (Å²) in [5.41, 5.74) is 7.37. The Morgan fingerprint density at radius 2 is 2.11 bits per heavy atom. The third-order valence-electron chi connectivity index (χ3n) is 6.50. The van der Waals surface area contributed by atoms with E-state index in [0.29, 0.717) is 30.4 Å². The van der Waals surface area contributed by atoms with Crippen LogP contribution in [-0.4, -0.2) is 34.7 Å². The third kappa shape index (κ3) is 6.21. The molecule has 2 aliphatic carbocycles. The van der Waals surface area contributed by atoms with Gasteiger partial charge < -0.3 is 10.1 Å². The van der Waals surface area contributed by atoms with Gasteiger partial charge in [-0.05, 0) is 54.7 Å². The number of amides is 1. The van der Waals surface area contributed by atoms with Gasteiger partial charge in [0.2, 0.25) is 0 Å². The van der Waals surface area contributed by atoms with Gasteiger partial charge in [-0.25, -0.2) is 4.98 Å². The van der Waals surface area contributed by atoms with Crippen molar-refractivity contribution in [1.82, 2.24) is 15.3 Å². The number of hydrogen-bond donors (Lipinski definition) is 1. The Balaban J connectivity index is 0.00000164. The highest BCUT2D eigenvalue weighted by molar-refractivity contribution is 6.16. The second-order valence-corrected chi connectivity index (χ2v) is 9.14. The van der Waals surface area contributed by atoms with Crippen molar-refractivity contribution in [2.24, 2.45) is 4.99 Å². The molecule has 2 heterocycles. The maximum atomic E-state index is 12.8. The van der Waals surface area contributed by atoms with Crippen LogP contribution >= 0.6 is 0 Å². The highest BCUT2D eigenvalue weighted by Gasteiger charge is 2.26. The van der Waals surface area contributed by atoms with Crippen LogP contribution in [0.3, 0.4) is 0 Å². The molecule has 194 valence electrons. The van der Waals surface area contributed by atoms with E-state index in [0.717, 1.165) is 39.4 Å². The van der Waals surface area contributed by atoms with Gasteiger partial charge in [-0.15, -0.1) is 0 Å². The Hall–Kier alpha value is -4.15. The molecule has 1 saturated carbocycles. The predicted molar refractivity (Wildman–Crippen MR) is 150 cm³/mol. The van der Waals surface area contributed by atoms with E-state index in [2.05, 4.69) is 22.9 Å². The van der Waals surface area contributed by atoms with Gasteiger partial charge in [0.15, 0.2) is 0 Å². The Morgan fingerprint density at radius 3 is 2.84 bits per heavy atom. The largest absolute Gasteiger partial charge is 0.375 e. The number of fused-ring (bicyclic) bond motifs is 1. The van der Waals surface area contributed by atoms with E-state index in [4.69, 9.17) is 14.7 Å². The first-order valence-corrected chi connectivity index (χ1v) is 13.1. The number of nitrogens with zero attached hydrogens (tertiary/aromatic N) is 4. The summed E-state index contributed by atoms with van der Waals surface area (Å²) >= 11 is 0. The fourth-order valence-electron chi connectivity index (χ4n) is 4.31. The van der Waals surface area contributed by atoms with Crippen molar-refractivity contribution in [2.45, 2.75) is 52.1 Å². The summed E-state index contributed by atoms with van der Waals surface area (Å²) in [7, 11) is 0. The SMILES string of the molecule is C=C(CNC(=O)c1ccc2c(c1)C(C#N)COC2)N=C1C=C(c2cncc(C3CC3)n2)C=C/C1=C/C.CC. The van der Waals surface area contributed by atoms with Gasteiger partial charge in [0.1, 0.15) is 0 Å². The molecule has 7 heteroatoms. The van der Waals surface area contributed by atoms with Crippen LogP contribution in [0.2, 0.25) is 0 Å². The maximum absolute atomic E-state index is 12.8. The van der Waals surface area contributed by atoms with Gasteiger partial charge in [-0.3, -0.25) is 14.8 Å². The molecular formula is C31H33N5O2. The van der Waals surface area contributed by atoms with Crippen molar-refractivity contribution in [3.05, 3.63) is 101 Å². The van der Waals surface area contributed by atoms with Gasteiger partial charge in [0.05, 0.1) is 60.7 Å². The van der Waals surface area contributed by atoms with Crippen LogP contribution in [0.25, 0.3) is 5.57 Å². The molecule has 0 radical (unpaired) electrons. The van der Waals surface area contributed by atoms with Gasteiger partial charge >= 0.3 is 0 Å². The molecule has 1 aliphatic heterocycles. The normalized spacial score (nSPS) is 20.1. The first-order valence-electron chi connectivity index (χ1n) is 13.1. The summed E-state index contributed by atoms with van der Waals surface area (Å²) in [5.74, 6) is -0.0693. The number of benzene rings is 1. The summed E-state index contributed by atoms with van der Waals surface area (Å²) in [5, 5.41) is 12.3. The Morgan fingerprint density at radius 1 is 1.29 bits per heavy atom. The lowest BCUT2D eigenvalue weighted by Gasteiger charge is -2.21. The Bertz CT molecular complexity index is 1390. The summed E-state index contributed by atoms with van der Waals surface area (Å²) < 4.78 is 5.45. The average molecular weight is 508 g/mol. The molecule has 1 N–H and O–H groups in total. The first kappa shape index (κ1) is 26.9. The minimum Gasteiger partial charge on any atom is -0.375 e. The zero-order valence-electron chi connectivity index (χ0n) is 22.2. The average Bonchev–Trinajstić information content (AvgIpc) is 3.82. The number of aliphatic imine (C=N–C) groups is 1. The highest BCUT2D eigenvalue weighted by Crippen LogP contribution is 2.39. The van der Waals surface area contributed by atoms with Crippen LogP contribution in [0, 0.1) is 11.3 Å².